The Morgan fingerprint density at radius 3 is 2.88 bits per heavy atom. The van der Waals surface area contributed by atoms with Gasteiger partial charge in [0.1, 0.15) is 0 Å². The van der Waals surface area contributed by atoms with Crippen molar-refractivity contribution in [1.82, 2.24) is 0 Å². The Hall–Kier alpha value is 0.260. The zero-order valence-electron chi connectivity index (χ0n) is 8.93. The van der Waals surface area contributed by atoms with Gasteiger partial charge in [-0.3, -0.25) is 4.79 Å². The van der Waals surface area contributed by atoms with Crippen molar-refractivity contribution in [1.29, 1.82) is 0 Å². The second kappa shape index (κ2) is 4.86. The van der Waals surface area contributed by atoms with E-state index < -0.39 is 0 Å². The van der Waals surface area contributed by atoms with Gasteiger partial charge in [0.2, 0.25) is 0 Å². The van der Waals surface area contributed by atoms with E-state index in [4.69, 9.17) is 11.6 Å². The average Bonchev–Trinajstić information content (AvgIpc) is 2.70. The number of Topliss-reactive ketones (excluding diaryl/α,β-unsaturated/α-hetero) is 1. The van der Waals surface area contributed by atoms with Crippen LogP contribution in [0.5, 0.6) is 0 Å². The van der Waals surface area contributed by atoms with E-state index in [0.717, 1.165) is 27.7 Å². The fraction of sp³-hybridized carbons (Fsp3) is 0.417. The van der Waals surface area contributed by atoms with E-state index >= 15 is 0 Å². The minimum absolute atomic E-state index is 0.216. The molecule has 0 radical (unpaired) electrons. The van der Waals surface area contributed by atoms with Crippen molar-refractivity contribution in [2.24, 2.45) is 0 Å². The molecule has 0 amide bonds. The molecule has 1 unspecified atom stereocenters. The summed E-state index contributed by atoms with van der Waals surface area (Å²) in [5.41, 5.74) is 0.738. The van der Waals surface area contributed by atoms with Gasteiger partial charge < -0.3 is 0 Å². The lowest BCUT2D eigenvalue weighted by atomic mass is 9.95. The lowest BCUT2D eigenvalue weighted by Crippen LogP contribution is -2.28. The minimum atomic E-state index is -0.240. The van der Waals surface area contributed by atoms with Crippen molar-refractivity contribution < 1.29 is 4.79 Å². The minimum Gasteiger partial charge on any atom is -0.293 e. The molecule has 1 saturated heterocycles. The third kappa shape index (κ3) is 2.41. The maximum Gasteiger partial charge on any atom is 0.178 e. The van der Waals surface area contributed by atoms with E-state index in [1.807, 2.05) is 19.1 Å². The first-order chi connectivity index (χ1) is 7.53. The topological polar surface area (TPSA) is 17.1 Å². The predicted molar refractivity (Wildman–Crippen MR) is 78.6 cm³/mol. The number of thioether (sulfide) groups is 1. The average molecular weight is 367 g/mol. The summed E-state index contributed by atoms with van der Waals surface area (Å²) in [6, 6.07) is 5.56. The van der Waals surface area contributed by atoms with E-state index in [9.17, 15) is 4.79 Å². The van der Waals surface area contributed by atoms with Crippen LogP contribution in [0.25, 0.3) is 0 Å². The van der Waals surface area contributed by atoms with Gasteiger partial charge in [-0.2, -0.15) is 0 Å². The molecular weight excluding hydrogens is 355 g/mol. The first-order valence-electron chi connectivity index (χ1n) is 5.17. The fourth-order valence-electron chi connectivity index (χ4n) is 1.90. The van der Waals surface area contributed by atoms with Crippen molar-refractivity contribution in [3.8, 4) is 0 Å². The third-order valence-electron chi connectivity index (χ3n) is 2.88. The largest absolute Gasteiger partial charge is 0.293 e. The molecule has 0 saturated carbocycles. The highest BCUT2D eigenvalue weighted by molar-refractivity contribution is 14.1. The van der Waals surface area contributed by atoms with E-state index in [1.165, 1.54) is 0 Å². The normalized spacial score (nSPS) is 24.7. The van der Waals surface area contributed by atoms with Crippen molar-refractivity contribution in [2.45, 2.75) is 24.5 Å². The lowest BCUT2D eigenvalue weighted by Gasteiger charge is -2.20. The molecule has 0 aliphatic carbocycles. The molecule has 1 atom stereocenters. The molecule has 1 fully saturated rings. The van der Waals surface area contributed by atoms with Gasteiger partial charge in [0.05, 0.1) is 9.77 Å². The van der Waals surface area contributed by atoms with Crippen LogP contribution < -0.4 is 0 Å². The highest BCUT2D eigenvalue weighted by atomic mass is 127. The molecule has 86 valence electrons. The summed E-state index contributed by atoms with van der Waals surface area (Å²) in [7, 11) is 0. The van der Waals surface area contributed by atoms with Gasteiger partial charge in [-0.15, -0.1) is 11.8 Å². The first kappa shape index (κ1) is 12.7. The number of hydrogen-bond donors (Lipinski definition) is 0. The Labute approximate surface area is 118 Å². The molecule has 0 N–H and O–H groups in total. The highest BCUT2D eigenvalue weighted by Gasteiger charge is 2.37. The van der Waals surface area contributed by atoms with E-state index in [2.05, 4.69) is 22.6 Å². The van der Waals surface area contributed by atoms with Crippen LogP contribution in [0.15, 0.2) is 18.2 Å². The standard InChI is InChI=1S/C12H12ClIOS/c1-12(5-2-6-16-12)11(15)8-3-4-10(14)9(13)7-8/h3-4,7H,2,5-6H2,1H3. The van der Waals surface area contributed by atoms with Crippen molar-refractivity contribution in [2.75, 3.05) is 5.75 Å². The molecule has 1 aromatic rings. The first-order valence-corrected chi connectivity index (χ1v) is 7.61. The smallest absolute Gasteiger partial charge is 0.178 e. The van der Waals surface area contributed by atoms with Crippen LogP contribution in [-0.2, 0) is 0 Å². The maximum atomic E-state index is 12.4. The van der Waals surface area contributed by atoms with Crippen molar-refractivity contribution >= 4 is 51.7 Å². The molecule has 1 aliphatic rings. The van der Waals surface area contributed by atoms with Gasteiger partial charge in [-0.05, 0) is 60.2 Å². The summed E-state index contributed by atoms with van der Waals surface area (Å²) in [5.74, 6) is 1.30. The quantitative estimate of drug-likeness (QED) is 0.569. The number of carbonyl (C=O) groups is 1. The maximum absolute atomic E-state index is 12.4. The van der Waals surface area contributed by atoms with Gasteiger partial charge in [0, 0.05) is 9.13 Å². The number of carbonyl (C=O) groups excluding carboxylic acids is 1. The third-order valence-corrected chi connectivity index (χ3v) is 5.97. The Morgan fingerprint density at radius 2 is 2.31 bits per heavy atom. The fourth-order valence-corrected chi connectivity index (χ4v) is 3.69. The predicted octanol–water partition coefficient (Wildman–Crippen LogP) is 4.41. The SMILES string of the molecule is CC1(C(=O)c2ccc(I)c(Cl)c2)CCCS1. The summed E-state index contributed by atoms with van der Waals surface area (Å²) in [5, 5.41) is 0.665. The number of halogens is 2. The molecule has 0 aromatic heterocycles. The lowest BCUT2D eigenvalue weighted by molar-refractivity contribution is 0.0949. The van der Waals surface area contributed by atoms with Gasteiger partial charge in [0.25, 0.3) is 0 Å². The summed E-state index contributed by atoms with van der Waals surface area (Å²) < 4.78 is 0.746. The van der Waals surface area contributed by atoms with Crippen molar-refractivity contribution in [3.05, 3.63) is 32.4 Å². The molecule has 1 heterocycles. The van der Waals surface area contributed by atoms with Gasteiger partial charge >= 0.3 is 0 Å². The molecular formula is C12H12ClIOS. The van der Waals surface area contributed by atoms with Gasteiger partial charge in [0.15, 0.2) is 5.78 Å². The van der Waals surface area contributed by atoms with Crippen LogP contribution in [0.3, 0.4) is 0 Å². The van der Waals surface area contributed by atoms with Crippen molar-refractivity contribution in [3.63, 3.8) is 0 Å². The van der Waals surface area contributed by atoms with Crippen LogP contribution in [0.4, 0.5) is 0 Å². The molecule has 1 aromatic carbocycles. The molecule has 0 spiro atoms. The van der Waals surface area contributed by atoms with Crippen LogP contribution in [0, 0.1) is 3.57 Å². The summed E-state index contributed by atoms with van der Waals surface area (Å²) >= 11 is 9.97. The van der Waals surface area contributed by atoms with Crippen LogP contribution >= 0.6 is 46.0 Å². The second-order valence-electron chi connectivity index (χ2n) is 4.14. The summed E-state index contributed by atoms with van der Waals surface area (Å²) in [6.45, 7) is 2.04. The zero-order chi connectivity index (χ0) is 11.8. The molecule has 4 heteroatoms. The van der Waals surface area contributed by atoms with E-state index in [0.29, 0.717) is 5.02 Å². The van der Waals surface area contributed by atoms with E-state index in [1.54, 1.807) is 17.8 Å². The Morgan fingerprint density at radius 1 is 1.56 bits per heavy atom. The van der Waals surface area contributed by atoms with Crippen LogP contribution in [0.1, 0.15) is 30.1 Å². The van der Waals surface area contributed by atoms with Gasteiger partial charge in [-0.1, -0.05) is 17.7 Å². The van der Waals surface area contributed by atoms with Gasteiger partial charge in [-0.25, -0.2) is 0 Å². The highest BCUT2D eigenvalue weighted by Crippen LogP contribution is 2.40. The second-order valence-corrected chi connectivity index (χ2v) is 7.31. The van der Waals surface area contributed by atoms with Crippen LogP contribution in [0.2, 0.25) is 5.02 Å². The molecule has 16 heavy (non-hydrogen) atoms. The zero-order valence-corrected chi connectivity index (χ0v) is 12.7. The molecule has 2 rings (SSSR count). The number of rotatable bonds is 2. The number of ketones is 1. The van der Waals surface area contributed by atoms with Crippen LogP contribution in [-0.4, -0.2) is 16.3 Å². The molecule has 1 aliphatic heterocycles. The number of benzene rings is 1. The summed E-state index contributed by atoms with van der Waals surface area (Å²) in [4.78, 5) is 12.4. The Balaban J connectivity index is 2.30. The Bertz CT molecular complexity index is 427. The monoisotopic (exact) mass is 366 g/mol. The summed E-state index contributed by atoms with van der Waals surface area (Å²) in [6.07, 6.45) is 2.10. The Kier molecular flexibility index (Phi) is 3.86. The number of hydrogen-bond acceptors (Lipinski definition) is 2. The molecule has 1 nitrogen and oxygen atoms in total. The van der Waals surface area contributed by atoms with E-state index in [-0.39, 0.29) is 10.5 Å². The molecule has 0 bridgehead atoms.